The molecule has 0 aromatic heterocycles. The lowest BCUT2D eigenvalue weighted by Gasteiger charge is -2.57. The molecule has 1 amide bonds. The first-order valence-electron chi connectivity index (χ1n) is 4.70. The van der Waals surface area contributed by atoms with Gasteiger partial charge in [0.2, 0.25) is 5.79 Å². The summed E-state index contributed by atoms with van der Waals surface area (Å²) >= 11 is 0. The van der Waals surface area contributed by atoms with E-state index in [2.05, 4.69) is 6.58 Å². The summed E-state index contributed by atoms with van der Waals surface area (Å²) < 4.78 is 18.9. The highest BCUT2D eigenvalue weighted by atomic mass is 19.1. The molecule has 1 aliphatic heterocycles. The second-order valence-corrected chi connectivity index (χ2v) is 3.92. The minimum Gasteiger partial charge on any atom is -0.391 e. The van der Waals surface area contributed by atoms with Crippen LogP contribution in [0.25, 0.3) is 0 Å². The van der Waals surface area contributed by atoms with E-state index >= 15 is 0 Å². The first-order chi connectivity index (χ1) is 7.23. The molecule has 0 saturated carbocycles. The molecule has 1 aliphatic rings. The maximum atomic E-state index is 14.0. The Bertz CT molecular complexity index is 367. The fraction of sp³-hybridized carbons (Fsp3) is 0.600. The standard InChI is InChI=1S/C10H15FN2O3/c1-6(5-14)7(15)13-9(2,11)8(12)10(13,3)16-4/h12,14H,1,5H2,2-4H3/t9?,10-/m1/s1. The molecule has 6 heteroatoms. The number of ether oxygens (including phenoxy) is 1. The third-order valence-electron chi connectivity index (χ3n) is 2.86. The predicted octanol–water partition coefficient (Wildman–Crippen LogP) is 0.445. The van der Waals surface area contributed by atoms with Crippen LogP contribution in [0.4, 0.5) is 4.39 Å². The van der Waals surface area contributed by atoms with Gasteiger partial charge in [-0.1, -0.05) is 6.58 Å². The molecule has 0 aliphatic carbocycles. The molecule has 0 aromatic rings. The van der Waals surface area contributed by atoms with Gasteiger partial charge in [0.1, 0.15) is 5.71 Å². The number of likely N-dealkylation sites (tertiary alicyclic amines) is 1. The van der Waals surface area contributed by atoms with Crippen molar-refractivity contribution in [3.8, 4) is 0 Å². The van der Waals surface area contributed by atoms with Crippen LogP contribution in [0.3, 0.4) is 0 Å². The number of nitrogens with zero attached hydrogens (tertiary/aromatic N) is 1. The fourth-order valence-electron chi connectivity index (χ4n) is 1.80. The van der Waals surface area contributed by atoms with Crippen molar-refractivity contribution >= 4 is 11.6 Å². The minimum absolute atomic E-state index is 0.139. The van der Waals surface area contributed by atoms with Gasteiger partial charge in [-0.05, 0) is 13.8 Å². The Labute approximate surface area is 93.0 Å². The Morgan fingerprint density at radius 3 is 2.56 bits per heavy atom. The molecule has 1 rings (SSSR count). The van der Waals surface area contributed by atoms with Gasteiger partial charge in [-0.3, -0.25) is 15.1 Å². The number of rotatable bonds is 3. The lowest BCUT2D eigenvalue weighted by molar-refractivity contribution is -0.199. The van der Waals surface area contributed by atoms with Gasteiger partial charge >= 0.3 is 0 Å². The summed E-state index contributed by atoms with van der Waals surface area (Å²) in [5.74, 6) is -2.95. The first-order valence-corrected chi connectivity index (χ1v) is 4.70. The highest BCUT2D eigenvalue weighted by molar-refractivity contribution is 6.11. The SMILES string of the molecule is C=C(CO)C(=O)N1C(C)(F)C(=N)[C@@]1(C)OC. The van der Waals surface area contributed by atoms with E-state index in [4.69, 9.17) is 15.3 Å². The number of hydrogen-bond donors (Lipinski definition) is 2. The van der Waals surface area contributed by atoms with Crippen LogP contribution in [0.1, 0.15) is 13.8 Å². The lowest BCUT2D eigenvalue weighted by Crippen LogP contribution is -2.79. The van der Waals surface area contributed by atoms with Crippen LogP contribution in [0.5, 0.6) is 0 Å². The van der Waals surface area contributed by atoms with E-state index in [1.807, 2.05) is 0 Å². The zero-order chi connectivity index (χ0) is 12.7. The monoisotopic (exact) mass is 230 g/mol. The summed E-state index contributed by atoms with van der Waals surface area (Å²) in [5, 5.41) is 16.3. The molecule has 0 aromatic carbocycles. The van der Waals surface area contributed by atoms with E-state index < -0.39 is 24.0 Å². The van der Waals surface area contributed by atoms with E-state index in [0.717, 1.165) is 11.8 Å². The van der Waals surface area contributed by atoms with Crippen LogP contribution >= 0.6 is 0 Å². The molecule has 0 radical (unpaired) electrons. The Hall–Kier alpha value is -1.27. The van der Waals surface area contributed by atoms with E-state index in [1.54, 1.807) is 0 Å². The number of carbonyl (C=O) groups excluding carboxylic acids is 1. The molecule has 1 heterocycles. The summed E-state index contributed by atoms with van der Waals surface area (Å²) in [6.07, 6.45) is 0. The molecule has 2 atom stereocenters. The highest BCUT2D eigenvalue weighted by Crippen LogP contribution is 2.43. The van der Waals surface area contributed by atoms with Crippen molar-refractivity contribution in [3.05, 3.63) is 12.2 Å². The average Bonchev–Trinajstić information content (AvgIpc) is 2.26. The van der Waals surface area contributed by atoms with E-state index in [9.17, 15) is 9.18 Å². The highest BCUT2D eigenvalue weighted by Gasteiger charge is 2.66. The predicted molar refractivity (Wildman–Crippen MR) is 55.7 cm³/mol. The molecule has 0 spiro atoms. The summed E-state index contributed by atoms with van der Waals surface area (Å²) in [5.41, 5.74) is -1.88. The molecule has 2 N–H and O–H groups in total. The van der Waals surface area contributed by atoms with Crippen LogP contribution in [0, 0.1) is 5.41 Å². The van der Waals surface area contributed by atoms with Crippen LogP contribution in [-0.4, -0.2) is 46.9 Å². The Morgan fingerprint density at radius 1 is 1.69 bits per heavy atom. The van der Waals surface area contributed by atoms with Crippen LogP contribution < -0.4 is 0 Å². The smallest absolute Gasteiger partial charge is 0.256 e. The van der Waals surface area contributed by atoms with E-state index in [-0.39, 0.29) is 11.3 Å². The second kappa shape index (κ2) is 3.64. The number of nitrogens with one attached hydrogen (secondary N) is 1. The molecule has 5 nitrogen and oxygen atoms in total. The number of carbonyl (C=O) groups is 1. The van der Waals surface area contributed by atoms with Gasteiger partial charge in [-0.25, -0.2) is 4.39 Å². The van der Waals surface area contributed by atoms with Crippen molar-refractivity contribution in [1.29, 1.82) is 5.41 Å². The minimum atomic E-state index is -2.19. The second-order valence-electron chi connectivity index (χ2n) is 3.92. The Balaban J connectivity index is 3.07. The molecule has 16 heavy (non-hydrogen) atoms. The average molecular weight is 230 g/mol. The number of aliphatic hydroxyl groups is 1. The van der Waals surface area contributed by atoms with Crippen molar-refractivity contribution < 1.29 is 19.0 Å². The van der Waals surface area contributed by atoms with Crippen LogP contribution in [0.15, 0.2) is 12.2 Å². The largest absolute Gasteiger partial charge is 0.391 e. The zero-order valence-corrected chi connectivity index (χ0v) is 9.50. The summed E-state index contributed by atoms with van der Waals surface area (Å²) in [6, 6.07) is 0. The quantitative estimate of drug-likeness (QED) is 0.546. The Kier molecular flexibility index (Phi) is 2.91. The fourth-order valence-corrected chi connectivity index (χ4v) is 1.80. The van der Waals surface area contributed by atoms with Gasteiger partial charge in [0.05, 0.1) is 6.61 Å². The van der Waals surface area contributed by atoms with Crippen LogP contribution in [-0.2, 0) is 9.53 Å². The van der Waals surface area contributed by atoms with Crippen molar-refractivity contribution in [1.82, 2.24) is 4.90 Å². The number of aliphatic hydroxyl groups excluding tert-OH is 1. The van der Waals surface area contributed by atoms with Crippen molar-refractivity contribution in [2.45, 2.75) is 25.4 Å². The van der Waals surface area contributed by atoms with Gasteiger partial charge in [-0.15, -0.1) is 0 Å². The van der Waals surface area contributed by atoms with Gasteiger partial charge < -0.3 is 9.84 Å². The number of halogens is 1. The molecular weight excluding hydrogens is 215 g/mol. The van der Waals surface area contributed by atoms with Gasteiger partial charge in [0.15, 0.2) is 5.72 Å². The summed E-state index contributed by atoms with van der Waals surface area (Å²) in [4.78, 5) is 12.5. The normalized spacial score (nSPS) is 33.6. The van der Waals surface area contributed by atoms with E-state index in [0.29, 0.717) is 0 Å². The molecule has 90 valence electrons. The van der Waals surface area contributed by atoms with Crippen molar-refractivity contribution in [2.24, 2.45) is 0 Å². The summed E-state index contributed by atoms with van der Waals surface area (Å²) in [6.45, 7) is 5.29. The number of methoxy groups -OCH3 is 1. The van der Waals surface area contributed by atoms with Crippen molar-refractivity contribution in [3.63, 3.8) is 0 Å². The lowest BCUT2D eigenvalue weighted by atomic mass is 9.85. The number of alkyl halides is 1. The first kappa shape index (κ1) is 12.8. The van der Waals surface area contributed by atoms with Gasteiger partial charge in [0.25, 0.3) is 5.91 Å². The summed E-state index contributed by atoms with van der Waals surface area (Å²) in [7, 11) is 1.28. The molecule has 0 bridgehead atoms. The Morgan fingerprint density at radius 2 is 2.19 bits per heavy atom. The molecule has 1 saturated heterocycles. The van der Waals surface area contributed by atoms with Gasteiger partial charge in [-0.2, -0.15) is 0 Å². The van der Waals surface area contributed by atoms with Crippen molar-refractivity contribution in [2.75, 3.05) is 13.7 Å². The van der Waals surface area contributed by atoms with Gasteiger partial charge in [0, 0.05) is 12.7 Å². The molecular formula is C10H15FN2O3. The molecule has 1 unspecified atom stereocenters. The number of amides is 1. The maximum absolute atomic E-state index is 14.0. The zero-order valence-electron chi connectivity index (χ0n) is 9.50. The maximum Gasteiger partial charge on any atom is 0.256 e. The third kappa shape index (κ3) is 1.37. The molecule has 1 fully saturated rings. The number of hydrogen-bond acceptors (Lipinski definition) is 4. The third-order valence-corrected chi connectivity index (χ3v) is 2.86. The topological polar surface area (TPSA) is 73.6 Å². The van der Waals surface area contributed by atoms with E-state index in [1.165, 1.54) is 14.0 Å². The van der Waals surface area contributed by atoms with Crippen LogP contribution in [0.2, 0.25) is 0 Å².